The standard InChI is InChI=1S/C15H27N3O/c1-13(2)10-19-8-4-7-18-12-17-9-14(18)15(3)5-6-16-11-15/h9,12-13,16H,4-8,10-11H2,1-3H3. The van der Waals surface area contributed by atoms with Crippen molar-refractivity contribution in [1.29, 1.82) is 0 Å². The summed E-state index contributed by atoms with van der Waals surface area (Å²) in [6, 6.07) is 0. The van der Waals surface area contributed by atoms with Gasteiger partial charge in [-0.2, -0.15) is 0 Å². The van der Waals surface area contributed by atoms with Crippen LogP contribution < -0.4 is 5.32 Å². The number of ether oxygens (including phenoxy) is 1. The molecule has 1 atom stereocenters. The molecule has 4 nitrogen and oxygen atoms in total. The third-order valence-electron chi connectivity index (χ3n) is 3.84. The van der Waals surface area contributed by atoms with Crippen LogP contribution in [0.5, 0.6) is 0 Å². The quantitative estimate of drug-likeness (QED) is 0.768. The molecule has 1 fully saturated rings. The van der Waals surface area contributed by atoms with E-state index in [1.807, 2.05) is 12.5 Å². The first-order chi connectivity index (χ1) is 9.12. The number of rotatable bonds is 7. The number of nitrogens with one attached hydrogen (secondary N) is 1. The predicted octanol–water partition coefficient (Wildman–Crippen LogP) is 2.20. The summed E-state index contributed by atoms with van der Waals surface area (Å²) >= 11 is 0. The van der Waals surface area contributed by atoms with Gasteiger partial charge in [-0.15, -0.1) is 0 Å². The van der Waals surface area contributed by atoms with Gasteiger partial charge < -0.3 is 14.6 Å². The van der Waals surface area contributed by atoms with E-state index < -0.39 is 0 Å². The van der Waals surface area contributed by atoms with E-state index in [-0.39, 0.29) is 5.41 Å². The number of nitrogens with zero attached hydrogens (tertiary/aromatic N) is 2. The number of hydrogen-bond acceptors (Lipinski definition) is 3. The van der Waals surface area contributed by atoms with E-state index in [2.05, 4.69) is 35.6 Å². The van der Waals surface area contributed by atoms with Crippen LogP contribution in [0, 0.1) is 5.92 Å². The highest BCUT2D eigenvalue weighted by molar-refractivity contribution is 5.17. The van der Waals surface area contributed by atoms with Crippen molar-refractivity contribution in [3.8, 4) is 0 Å². The Labute approximate surface area is 116 Å². The van der Waals surface area contributed by atoms with Crippen molar-refractivity contribution in [2.45, 2.75) is 45.6 Å². The Bertz CT molecular complexity index is 380. The summed E-state index contributed by atoms with van der Waals surface area (Å²) in [4.78, 5) is 4.33. The van der Waals surface area contributed by atoms with Gasteiger partial charge in [-0.1, -0.05) is 20.8 Å². The molecule has 19 heavy (non-hydrogen) atoms. The first-order valence-electron chi connectivity index (χ1n) is 7.41. The van der Waals surface area contributed by atoms with Gasteiger partial charge in [-0.3, -0.25) is 0 Å². The topological polar surface area (TPSA) is 39.1 Å². The van der Waals surface area contributed by atoms with Crippen molar-refractivity contribution in [3.05, 3.63) is 18.2 Å². The minimum absolute atomic E-state index is 0.245. The van der Waals surface area contributed by atoms with Crippen molar-refractivity contribution in [1.82, 2.24) is 14.9 Å². The van der Waals surface area contributed by atoms with Gasteiger partial charge in [0, 0.05) is 43.6 Å². The highest BCUT2D eigenvalue weighted by atomic mass is 16.5. The molecule has 1 aromatic rings. The number of imidazole rings is 1. The molecule has 0 amide bonds. The molecular weight excluding hydrogens is 238 g/mol. The number of aromatic nitrogens is 2. The largest absolute Gasteiger partial charge is 0.381 e. The SMILES string of the molecule is CC(C)COCCCn1cncc1C1(C)CCNC1. The molecule has 0 bridgehead atoms. The van der Waals surface area contributed by atoms with Gasteiger partial charge in [0.15, 0.2) is 0 Å². The van der Waals surface area contributed by atoms with Gasteiger partial charge in [0.2, 0.25) is 0 Å². The van der Waals surface area contributed by atoms with Crippen molar-refractivity contribution >= 4 is 0 Å². The van der Waals surface area contributed by atoms with Crippen LogP contribution in [0.1, 0.15) is 39.3 Å². The minimum atomic E-state index is 0.245. The summed E-state index contributed by atoms with van der Waals surface area (Å²) in [5, 5.41) is 3.45. The smallest absolute Gasteiger partial charge is 0.0948 e. The summed E-state index contributed by atoms with van der Waals surface area (Å²) in [6.07, 6.45) is 6.24. The second kappa shape index (κ2) is 6.53. The van der Waals surface area contributed by atoms with E-state index in [0.717, 1.165) is 39.3 Å². The average Bonchev–Trinajstić information content (AvgIpc) is 2.98. The average molecular weight is 265 g/mol. The summed E-state index contributed by atoms with van der Waals surface area (Å²) in [5.41, 5.74) is 1.61. The maximum atomic E-state index is 5.64. The number of hydrogen-bond donors (Lipinski definition) is 1. The monoisotopic (exact) mass is 265 g/mol. The molecule has 1 unspecified atom stereocenters. The lowest BCUT2D eigenvalue weighted by Gasteiger charge is -2.24. The fourth-order valence-corrected chi connectivity index (χ4v) is 2.69. The van der Waals surface area contributed by atoms with Gasteiger partial charge in [0.1, 0.15) is 0 Å². The fourth-order valence-electron chi connectivity index (χ4n) is 2.69. The first kappa shape index (κ1) is 14.5. The van der Waals surface area contributed by atoms with Crippen LogP contribution in [0.25, 0.3) is 0 Å². The van der Waals surface area contributed by atoms with E-state index in [9.17, 15) is 0 Å². The van der Waals surface area contributed by atoms with Crippen molar-refractivity contribution < 1.29 is 4.74 Å². The molecular formula is C15H27N3O. The van der Waals surface area contributed by atoms with Gasteiger partial charge in [-0.05, 0) is 25.3 Å². The molecule has 4 heteroatoms. The Morgan fingerprint density at radius 2 is 2.37 bits per heavy atom. The van der Waals surface area contributed by atoms with E-state index in [1.165, 1.54) is 12.1 Å². The number of aryl methyl sites for hydroxylation is 1. The summed E-state index contributed by atoms with van der Waals surface area (Å²) in [6.45, 7) is 11.6. The van der Waals surface area contributed by atoms with E-state index in [0.29, 0.717) is 5.92 Å². The second-order valence-corrected chi connectivity index (χ2v) is 6.28. The molecule has 1 aliphatic heterocycles. The summed E-state index contributed by atoms with van der Waals surface area (Å²) in [5.74, 6) is 0.618. The maximum absolute atomic E-state index is 5.64. The lowest BCUT2D eigenvalue weighted by Crippen LogP contribution is -2.28. The van der Waals surface area contributed by atoms with Crippen LogP contribution in [0.4, 0.5) is 0 Å². The van der Waals surface area contributed by atoms with E-state index in [1.54, 1.807) is 0 Å². The van der Waals surface area contributed by atoms with Gasteiger partial charge in [-0.25, -0.2) is 4.98 Å². The van der Waals surface area contributed by atoms with Crippen LogP contribution in [0.3, 0.4) is 0 Å². The maximum Gasteiger partial charge on any atom is 0.0948 e. The van der Waals surface area contributed by atoms with Crippen LogP contribution in [0.2, 0.25) is 0 Å². The molecule has 1 N–H and O–H groups in total. The second-order valence-electron chi connectivity index (χ2n) is 6.28. The van der Waals surface area contributed by atoms with Gasteiger partial charge >= 0.3 is 0 Å². The van der Waals surface area contributed by atoms with Crippen molar-refractivity contribution in [3.63, 3.8) is 0 Å². The molecule has 1 aromatic heterocycles. The lowest BCUT2D eigenvalue weighted by molar-refractivity contribution is 0.105. The normalized spacial score (nSPS) is 23.4. The van der Waals surface area contributed by atoms with Crippen LogP contribution in [-0.4, -0.2) is 35.9 Å². The summed E-state index contributed by atoms with van der Waals surface area (Å²) < 4.78 is 7.94. The van der Waals surface area contributed by atoms with Crippen LogP contribution in [0.15, 0.2) is 12.5 Å². The fraction of sp³-hybridized carbons (Fsp3) is 0.800. The Morgan fingerprint density at radius 3 is 3.05 bits per heavy atom. The molecule has 0 saturated carbocycles. The predicted molar refractivity (Wildman–Crippen MR) is 77.3 cm³/mol. The van der Waals surface area contributed by atoms with Crippen molar-refractivity contribution in [2.24, 2.45) is 5.92 Å². The zero-order valence-electron chi connectivity index (χ0n) is 12.5. The summed E-state index contributed by atoms with van der Waals surface area (Å²) in [7, 11) is 0. The zero-order valence-corrected chi connectivity index (χ0v) is 12.5. The first-order valence-corrected chi connectivity index (χ1v) is 7.41. The zero-order chi connectivity index (χ0) is 13.7. The minimum Gasteiger partial charge on any atom is -0.381 e. The van der Waals surface area contributed by atoms with Gasteiger partial charge in [0.25, 0.3) is 0 Å². The van der Waals surface area contributed by atoms with E-state index in [4.69, 9.17) is 4.74 Å². The lowest BCUT2D eigenvalue weighted by atomic mass is 9.86. The third-order valence-corrected chi connectivity index (χ3v) is 3.84. The molecule has 0 spiro atoms. The highest BCUT2D eigenvalue weighted by Gasteiger charge is 2.33. The Kier molecular flexibility index (Phi) is 4.99. The van der Waals surface area contributed by atoms with Crippen molar-refractivity contribution in [2.75, 3.05) is 26.3 Å². The molecule has 1 aliphatic rings. The molecule has 2 heterocycles. The Morgan fingerprint density at radius 1 is 1.53 bits per heavy atom. The molecule has 1 saturated heterocycles. The van der Waals surface area contributed by atoms with Crippen LogP contribution in [-0.2, 0) is 16.7 Å². The molecule has 2 rings (SSSR count). The molecule has 0 radical (unpaired) electrons. The molecule has 0 aromatic carbocycles. The highest BCUT2D eigenvalue weighted by Crippen LogP contribution is 2.29. The Hall–Kier alpha value is -0.870. The van der Waals surface area contributed by atoms with Crippen LogP contribution >= 0.6 is 0 Å². The molecule has 108 valence electrons. The Balaban J connectivity index is 1.83. The third kappa shape index (κ3) is 3.80. The molecule has 0 aliphatic carbocycles. The van der Waals surface area contributed by atoms with Gasteiger partial charge in [0.05, 0.1) is 6.33 Å². The van der Waals surface area contributed by atoms with E-state index >= 15 is 0 Å².